The van der Waals surface area contributed by atoms with E-state index >= 15 is 0 Å². The number of carbonyl (C=O) groups excluding carboxylic acids is 1. The number of aromatic nitrogens is 2. The van der Waals surface area contributed by atoms with Crippen LogP contribution in [-0.2, 0) is 16.0 Å². The molecule has 0 fully saturated rings. The lowest BCUT2D eigenvalue weighted by Crippen LogP contribution is -2.49. The van der Waals surface area contributed by atoms with E-state index in [4.69, 9.17) is 22.3 Å². The van der Waals surface area contributed by atoms with Crippen molar-refractivity contribution >= 4 is 30.2 Å². The van der Waals surface area contributed by atoms with Crippen molar-refractivity contribution in [2.24, 2.45) is 22.2 Å². The van der Waals surface area contributed by atoms with Gasteiger partial charge >= 0.3 is 5.97 Å². The lowest BCUT2D eigenvalue weighted by Gasteiger charge is -2.17. The Bertz CT molecular complexity index is 517. The fourth-order valence-corrected chi connectivity index (χ4v) is 1.77. The zero-order valence-corrected chi connectivity index (χ0v) is 13.3. The SMILES string of the molecule is Cl.NC(N)=NCCCC(NC(=O)C(N)Cc1cnc[nH]1)C(=O)O. The monoisotopic (exact) mass is 347 g/mol. The molecule has 1 amide bonds. The topological polar surface area (TPSA) is 185 Å². The third-order valence-corrected chi connectivity index (χ3v) is 2.89. The molecule has 130 valence electrons. The largest absolute Gasteiger partial charge is 0.480 e. The Labute approximate surface area is 139 Å². The number of aliphatic imine (C=N–C) groups is 1. The smallest absolute Gasteiger partial charge is 0.326 e. The van der Waals surface area contributed by atoms with E-state index in [2.05, 4.69) is 20.3 Å². The fraction of sp³-hybridized carbons (Fsp3) is 0.500. The van der Waals surface area contributed by atoms with Crippen molar-refractivity contribution in [3.63, 3.8) is 0 Å². The van der Waals surface area contributed by atoms with Gasteiger partial charge in [-0.2, -0.15) is 0 Å². The normalized spacial score (nSPS) is 12.6. The highest BCUT2D eigenvalue weighted by molar-refractivity contribution is 5.87. The zero-order valence-electron chi connectivity index (χ0n) is 12.4. The Morgan fingerprint density at radius 1 is 1.43 bits per heavy atom. The van der Waals surface area contributed by atoms with E-state index in [1.54, 1.807) is 6.20 Å². The second-order valence-corrected chi connectivity index (χ2v) is 4.74. The summed E-state index contributed by atoms with van der Waals surface area (Å²) in [6.45, 7) is 0.294. The molecule has 2 atom stereocenters. The van der Waals surface area contributed by atoms with Gasteiger partial charge < -0.3 is 32.6 Å². The molecular weight excluding hydrogens is 326 g/mol. The Balaban J connectivity index is 0.00000484. The van der Waals surface area contributed by atoms with Crippen molar-refractivity contribution in [3.8, 4) is 0 Å². The standard InChI is InChI=1S/C12H21N7O3.ClH/c13-8(4-7-5-16-6-18-7)10(20)19-9(11(21)22)2-1-3-17-12(14)15;/h5-6,8-9H,1-4,13H2,(H,16,18)(H,19,20)(H,21,22)(H4,14,15,17);1H. The molecule has 1 rings (SSSR count). The van der Waals surface area contributed by atoms with Crippen LogP contribution in [0.4, 0.5) is 0 Å². The lowest BCUT2D eigenvalue weighted by molar-refractivity contribution is -0.142. The first-order chi connectivity index (χ1) is 10.4. The van der Waals surface area contributed by atoms with Gasteiger partial charge in [0.2, 0.25) is 5.91 Å². The fourth-order valence-electron chi connectivity index (χ4n) is 1.77. The molecule has 23 heavy (non-hydrogen) atoms. The van der Waals surface area contributed by atoms with Crippen LogP contribution in [0.2, 0.25) is 0 Å². The molecule has 0 aliphatic rings. The van der Waals surface area contributed by atoms with Gasteiger partial charge in [-0.25, -0.2) is 9.78 Å². The number of carboxylic acids is 1. The van der Waals surface area contributed by atoms with Crippen LogP contribution < -0.4 is 22.5 Å². The number of nitrogens with one attached hydrogen (secondary N) is 2. The molecule has 0 aliphatic heterocycles. The number of carbonyl (C=O) groups is 2. The number of nitrogens with zero attached hydrogens (tertiary/aromatic N) is 2. The van der Waals surface area contributed by atoms with Crippen LogP contribution in [-0.4, -0.2) is 51.5 Å². The molecule has 0 spiro atoms. The number of imidazole rings is 1. The minimum atomic E-state index is -1.13. The molecule has 1 heterocycles. The molecule has 1 aromatic rings. The Morgan fingerprint density at radius 2 is 2.13 bits per heavy atom. The number of amides is 1. The van der Waals surface area contributed by atoms with Crippen molar-refractivity contribution in [2.75, 3.05) is 6.54 Å². The highest BCUT2D eigenvalue weighted by Gasteiger charge is 2.23. The number of aliphatic carboxylic acids is 1. The molecule has 0 saturated carbocycles. The summed E-state index contributed by atoms with van der Waals surface area (Å²) >= 11 is 0. The molecule has 0 aromatic carbocycles. The molecule has 0 radical (unpaired) electrons. The molecule has 10 nitrogen and oxygen atoms in total. The number of H-pyrrole nitrogens is 1. The van der Waals surface area contributed by atoms with Crippen molar-refractivity contribution in [1.29, 1.82) is 0 Å². The van der Waals surface area contributed by atoms with Gasteiger partial charge in [0.1, 0.15) is 6.04 Å². The van der Waals surface area contributed by atoms with Crippen molar-refractivity contribution in [2.45, 2.75) is 31.3 Å². The van der Waals surface area contributed by atoms with Crippen molar-refractivity contribution < 1.29 is 14.7 Å². The number of hydrogen-bond acceptors (Lipinski definition) is 5. The van der Waals surface area contributed by atoms with E-state index < -0.39 is 24.0 Å². The van der Waals surface area contributed by atoms with Gasteiger partial charge in [-0.05, 0) is 12.8 Å². The Kier molecular flexibility index (Phi) is 9.35. The molecule has 11 heteroatoms. The second kappa shape index (κ2) is 10.4. The number of nitrogens with two attached hydrogens (primary N) is 3. The molecule has 0 aliphatic carbocycles. The first-order valence-corrected chi connectivity index (χ1v) is 6.71. The summed E-state index contributed by atoms with van der Waals surface area (Å²) in [5.41, 5.74) is 16.8. The first-order valence-electron chi connectivity index (χ1n) is 6.71. The maximum Gasteiger partial charge on any atom is 0.326 e. The molecule has 9 N–H and O–H groups in total. The minimum Gasteiger partial charge on any atom is -0.480 e. The summed E-state index contributed by atoms with van der Waals surface area (Å²) in [5.74, 6) is -1.73. The van der Waals surface area contributed by atoms with E-state index in [1.807, 2.05) is 0 Å². The third kappa shape index (κ3) is 8.02. The van der Waals surface area contributed by atoms with Gasteiger partial charge in [0.15, 0.2) is 5.96 Å². The zero-order chi connectivity index (χ0) is 16.5. The van der Waals surface area contributed by atoms with Gasteiger partial charge in [0.05, 0.1) is 12.4 Å². The lowest BCUT2D eigenvalue weighted by atomic mass is 10.1. The highest BCUT2D eigenvalue weighted by Crippen LogP contribution is 2.01. The van der Waals surface area contributed by atoms with Gasteiger partial charge in [-0.3, -0.25) is 9.79 Å². The number of rotatable bonds is 9. The predicted molar refractivity (Wildman–Crippen MR) is 87.0 cm³/mol. The summed E-state index contributed by atoms with van der Waals surface area (Å²) < 4.78 is 0. The third-order valence-electron chi connectivity index (χ3n) is 2.89. The average Bonchev–Trinajstić information content (AvgIpc) is 2.94. The van der Waals surface area contributed by atoms with Crippen LogP contribution >= 0.6 is 12.4 Å². The van der Waals surface area contributed by atoms with Gasteiger partial charge in [0.25, 0.3) is 0 Å². The van der Waals surface area contributed by atoms with Crippen molar-refractivity contribution in [1.82, 2.24) is 15.3 Å². The second-order valence-electron chi connectivity index (χ2n) is 4.74. The Morgan fingerprint density at radius 3 is 2.65 bits per heavy atom. The average molecular weight is 348 g/mol. The first kappa shape index (κ1) is 20.7. The van der Waals surface area contributed by atoms with E-state index in [0.717, 1.165) is 0 Å². The summed E-state index contributed by atoms with van der Waals surface area (Å²) in [5, 5.41) is 11.5. The quantitative estimate of drug-likeness (QED) is 0.175. The van der Waals surface area contributed by atoms with Gasteiger partial charge in [0, 0.05) is 24.9 Å². The van der Waals surface area contributed by atoms with Crippen LogP contribution in [0.3, 0.4) is 0 Å². The molecule has 1 aromatic heterocycles. The minimum absolute atomic E-state index is 0. The number of hydrogen-bond donors (Lipinski definition) is 6. The summed E-state index contributed by atoms with van der Waals surface area (Å²) in [6, 6.07) is -1.89. The maximum atomic E-state index is 11.9. The Hall–Kier alpha value is -2.33. The number of halogens is 1. The van der Waals surface area contributed by atoms with E-state index in [0.29, 0.717) is 18.7 Å². The van der Waals surface area contributed by atoms with Crippen LogP contribution in [0.5, 0.6) is 0 Å². The summed E-state index contributed by atoms with van der Waals surface area (Å²) in [6.07, 6.45) is 3.90. The van der Waals surface area contributed by atoms with Gasteiger partial charge in [-0.1, -0.05) is 0 Å². The number of carboxylic acid groups (broad SMARTS) is 1. The van der Waals surface area contributed by atoms with Crippen LogP contribution in [0.15, 0.2) is 17.5 Å². The molecule has 0 bridgehead atoms. The van der Waals surface area contributed by atoms with Crippen LogP contribution in [0.1, 0.15) is 18.5 Å². The van der Waals surface area contributed by atoms with E-state index in [9.17, 15) is 9.59 Å². The molecular formula is C12H22ClN7O3. The maximum absolute atomic E-state index is 11.9. The summed E-state index contributed by atoms with van der Waals surface area (Å²) in [7, 11) is 0. The number of guanidine groups is 1. The van der Waals surface area contributed by atoms with Crippen molar-refractivity contribution in [3.05, 3.63) is 18.2 Å². The van der Waals surface area contributed by atoms with E-state index in [-0.39, 0.29) is 31.2 Å². The van der Waals surface area contributed by atoms with E-state index in [1.165, 1.54) is 6.33 Å². The molecule has 2 unspecified atom stereocenters. The van der Waals surface area contributed by atoms with Crippen LogP contribution in [0, 0.1) is 0 Å². The summed E-state index contributed by atoms with van der Waals surface area (Å²) in [4.78, 5) is 33.5. The van der Waals surface area contributed by atoms with Crippen LogP contribution in [0.25, 0.3) is 0 Å². The molecule has 0 saturated heterocycles. The van der Waals surface area contributed by atoms with Gasteiger partial charge in [-0.15, -0.1) is 12.4 Å². The predicted octanol–water partition coefficient (Wildman–Crippen LogP) is -1.68. The highest BCUT2D eigenvalue weighted by atomic mass is 35.5. The number of aromatic amines is 1.